The minimum Gasteiger partial charge on any atom is -0.316 e. The van der Waals surface area contributed by atoms with Gasteiger partial charge in [0.15, 0.2) is 0 Å². The van der Waals surface area contributed by atoms with E-state index in [0.717, 1.165) is 29.6 Å². The van der Waals surface area contributed by atoms with Crippen molar-refractivity contribution in [1.29, 1.82) is 0 Å². The van der Waals surface area contributed by atoms with Crippen molar-refractivity contribution in [2.45, 2.75) is 31.7 Å². The van der Waals surface area contributed by atoms with Gasteiger partial charge >= 0.3 is 0 Å². The lowest BCUT2D eigenvalue weighted by Crippen LogP contribution is -2.32. The van der Waals surface area contributed by atoms with Crippen LogP contribution < -0.4 is 5.32 Å². The van der Waals surface area contributed by atoms with Crippen LogP contribution in [0.25, 0.3) is 0 Å². The standard InChI is InChI=1S/C17H23N/c1-18-14(9-11-5-3-2-4-6-11)17-15-12-7-8-13(10-12)16(15)17/h2-6,12-18H,7-10H2,1H3. The molecule has 3 aliphatic carbocycles. The average molecular weight is 241 g/mol. The Kier molecular flexibility index (Phi) is 2.51. The van der Waals surface area contributed by atoms with E-state index in [1.165, 1.54) is 24.8 Å². The van der Waals surface area contributed by atoms with Crippen molar-refractivity contribution in [2.75, 3.05) is 7.05 Å². The van der Waals surface area contributed by atoms with E-state index >= 15 is 0 Å². The van der Waals surface area contributed by atoms with Crippen LogP contribution in [-0.4, -0.2) is 13.1 Å². The molecule has 3 fully saturated rings. The summed E-state index contributed by atoms with van der Waals surface area (Å²) in [6.07, 6.45) is 5.84. The molecule has 0 amide bonds. The zero-order valence-corrected chi connectivity index (χ0v) is 11.2. The Morgan fingerprint density at radius 3 is 2.39 bits per heavy atom. The van der Waals surface area contributed by atoms with E-state index < -0.39 is 0 Å². The highest BCUT2D eigenvalue weighted by atomic mass is 14.9. The van der Waals surface area contributed by atoms with Crippen LogP contribution in [0.1, 0.15) is 24.8 Å². The topological polar surface area (TPSA) is 12.0 Å². The van der Waals surface area contributed by atoms with Gasteiger partial charge in [-0.2, -0.15) is 0 Å². The van der Waals surface area contributed by atoms with E-state index in [0.29, 0.717) is 6.04 Å². The molecule has 1 N–H and O–H groups in total. The van der Waals surface area contributed by atoms with Crippen molar-refractivity contribution in [2.24, 2.45) is 29.6 Å². The highest BCUT2D eigenvalue weighted by Crippen LogP contribution is 2.70. The number of benzene rings is 1. The highest BCUT2D eigenvalue weighted by molar-refractivity contribution is 5.20. The first-order chi connectivity index (χ1) is 8.88. The summed E-state index contributed by atoms with van der Waals surface area (Å²) in [6.45, 7) is 0. The second-order valence-corrected chi connectivity index (χ2v) is 6.65. The zero-order valence-electron chi connectivity index (χ0n) is 11.2. The first-order valence-electron chi connectivity index (χ1n) is 7.59. The molecule has 1 aromatic carbocycles. The predicted octanol–water partition coefficient (Wildman–Crippen LogP) is 3.11. The Hall–Kier alpha value is -0.820. The molecule has 0 radical (unpaired) electrons. The summed E-state index contributed by atoms with van der Waals surface area (Å²) in [7, 11) is 2.16. The molecule has 0 aliphatic heterocycles. The Morgan fingerprint density at radius 2 is 1.78 bits per heavy atom. The van der Waals surface area contributed by atoms with Crippen LogP contribution in [0, 0.1) is 29.6 Å². The molecule has 0 aromatic heterocycles. The maximum absolute atomic E-state index is 3.61. The van der Waals surface area contributed by atoms with Gasteiger partial charge in [0.2, 0.25) is 0 Å². The first-order valence-corrected chi connectivity index (χ1v) is 7.59. The molecule has 18 heavy (non-hydrogen) atoms. The number of hydrogen-bond donors (Lipinski definition) is 1. The van der Waals surface area contributed by atoms with Crippen molar-refractivity contribution in [3.8, 4) is 0 Å². The molecule has 5 atom stereocenters. The third kappa shape index (κ3) is 1.56. The Balaban J connectivity index is 1.47. The molecule has 0 spiro atoms. The summed E-state index contributed by atoms with van der Waals surface area (Å²) in [5, 5.41) is 3.61. The average Bonchev–Trinajstić information content (AvgIpc) is 2.84. The molecule has 3 saturated carbocycles. The third-order valence-corrected chi connectivity index (χ3v) is 5.93. The van der Waals surface area contributed by atoms with E-state index in [-0.39, 0.29) is 0 Å². The van der Waals surface area contributed by atoms with Gasteiger partial charge in [-0.15, -0.1) is 0 Å². The van der Waals surface area contributed by atoms with Crippen molar-refractivity contribution in [3.63, 3.8) is 0 Å². The van der Waals surface area contributed by atoms with Gasteiger partial charge in [-0.3, -0.25) is 0 Å². The monoisotopic (exact) mass is 241 g/mol. The van der Waals surface area contributed by atoms with Crippen molar-refractivity contribution < 1.29 is 0 Å². The van der Waals surface area contributed by atoms with Crippen LogP contribution in [0.15, 0.2) is 30.3 Å². The molecule has 2 bridgehead atoms. The largest absolute Gasteiger partial charge is 0.316 e. The lowest BCUT2D eigenvalue weighted by Gasteiger charge is -2.20. The summed E-state index contributed by atoms with van der Waals surface area (Å²) < 4.78 is 0. The maximum atomic E-state index is 3.61. The van der Waals surface area contributed by atoms with Crippen LogP contribution >= 0.6 is 0 Å². The minimum absolute atomic E-state index is 0.714. The summed E-state index contributed by atoms with van der Waals surface area (Å²) in [5.74, 6) is 5.35. The number of fused-ring (bicyclic) bond motifs is 5. The van der Waals surface area contributed by atoms with E-state index in [4.69, 9.17) is 0 Å². The van der Waals surface area contributed by atoms with E-state index in [1.807, 2.05) is 0 Å². The highest BCUT2D eigenvalue weighted by Gasteiger charge is 2.66. The van der Waals surface area contributed by atoms with Gasteiger partial charge in [-0.05, 0) is 67.9 Å². The number of rotatable bonds is 4. The van der Waals surface area contributed by atoms with Gasteiger partial charge in [0.1, 0.15) is 0 Å². The van der Waals surface area contributed by atoms with E-state index in [9.17, 15) is 0 Å². The second-order valence-electron chi connectivity index (χ2n) is 6.65. The van der Waals surface area contributed by atoms with Gasteiger partial charge in [-0.25, -0.2) is 0 Å². The molecule has 3 aliphatic rings. The van der Waals surface area contributed by atoms with Gasteiger partial charge in [-0.1, -0.05) is 30.3 Å². The van der Waals surface area contributed by atoms with Gasteiger partial charge in [0.25, 0.3) is 0 Å². The Bertz CT molecular complexity index is 410. The lowest BCUT2D eigenvalue weighted by atomic mass is 9.93. The molecule has 1 aromatic rings. The van der Waals surface area contributed by atoms with Crippen molar-refractivity contribution in [1.82, 2.24) is 5.32 Å². The molecule has 96 valence electrons. The second kappa shape index (κ2) is 4.09. The molecule has 4 rings (SSSR count). The van der Waals surface area contributed by atoms with Crippen LogP contribution in [-0.2, 0) is 6.42 Å². The fraction of sp³-hybridized carbons (Fsp3) is 0.647. The molecule has 0 saturated heterocycles. The van der Waals surface area contributed by atoms with Crippen LogP contribution in [0.5, 0.6) is 0 Å². The van der Waals surface area contributed by atoms with E-state index in [2.05, 4.69) is 42.7 Å². The van der Waals surface area contributed by atoms with Crippen LogP contribution in [0.4, 0.5) is 0 Å². The molecular weight excluding hydrogens is 218 g/mol. The molecule has 0 heterocycles. The Labute approximate surface area is 110 Å². The van der Waals surface area contributed by atoms with Crippen molar-refractivity contribution >= 4 is 0 Å². The molecule has 5 unspecified atom stereocenters. The third-order valence-electron chi connectivity index (χ3n) is 5.93. The quantitative estimate of drug-likeness (QED) is 0.854. The van der Waals surface area contributed by atoms with Crippen molar-refractivity contribution in [3.05, 3.63) is 35.9 Å². The summed E-state index contributed by atoms with van der Waals surface area (Å²) in [4.78, 5) is 0. The first kappa shape index (κ1) is 11.0. The Morgan fingerprint density at radius 1 is 1.11 bits per heavy atom. The van der Waals surface area contributed by atoms with Crippen LogP contribution in [0.3, 0.4) is 0 Å². The zero-order chi connectivity index (χ0) is 12.1. The summed E-state index contributed by atoms with van der Waals surface area (Å²) >= 11 is 0. The van der Waals surface area contributed by atoms with Gasteiger partial charge < -0.3 is 5.32 Å². The molecular formula is C17H23N. The van der Waals surface area contributed by atoms with Gasteiger partial charge in [0, 0.05) is 6.04 Å². The smallest absolute Gasteiger partial charge is 0.0138 e. The maximum Gasteiger partial charge on any atom is 0.0138 e. The van der Waals surface area contributed by atoms with E-state index in [1.54, 1.807) is 6.42 Å². The molecule has 1 heteroatoms. The van der Waals surface area contributed by atoms with Gasteiger partial charge in [0.05, 0.1) is 0 Å². The fourth-order valence-electron chi connectivity index (χ4n) is 5.23. The molecule has 1 nitrogen and oxygen atoms in total. The SMILES string of the molecule is CNC(Cc1ccccc1)C1C2C3CCC(C3)C21. The van der Waals surface area contributed by atoms with Crippen LogP contribution in [0.2, 0.25) is 0 Å². The normalized spacial score (nSPS) is 41.7. The summed E-state index contributed by atoms with van der Waals surface area (Å²) in [5.41, 5.74) is 1.49. The lowest BCUT2D eigenvalue weighted by molar-refractivity contribution is 0.376. The number of likely N-dealkylation sites (N-methyl/N-ethyl adjacent to an activating group) is 1. The summed E-state index contributed by atoms with van der Waals surface area (Å²) in [6, 6.07) is 11.7. The predicted molar refractivity (Wildman–Crippen MR) is 74.3 cm³/mol. The number of nitrogens with one attached hydrogen (secondary N) is 1. The number of hydrogen-bond acceptors (Lipinski definition) is 1. The fourth-order valence-corrected chi connectivity index (χ4v) is 5.23. The minimum atomic E-state index is 0.714.